The first-order chi connectivity index (χ1) is 8.24. The Hall–Kier alpha value is -0.350. The van der Waals surface area contributed by atoms with Crippen molar-refractivity contribution in [2.75, 3.05) is 0 Å². The van der Waals surface area contributed by atoms with Crippen molar-refractivity contribution in [1.29, 1.82) is 0 Å². The summed E-state index contributed by atoms with van der Waals surface area (Å²) in [5, 5.41) is 0. The third-order valence-corrected chi connectivity index (χ3v) is 5.26. The normalized spacial score (nSPS) is 28.1. The number of nitrogens with one attached hydrogen (secondary N) is 1. The van der Waals surface area contributed by atoms with E-state index in [1.54, 1.807) is 0 Å². The van der Waals surface area contributed by atoms with Crippen LogP contribution in [-0.4, -0.2) is 9.97 Å². The molecule has 0 bridgehead atoms. The van der Waals surface area contributed by atoms with Crippen LogP contribution in [0.3, 0.4) is 0 Å². The van der Waals surface area contributed by atoms with Crippen molar-refractivity contribution in [2.45, 2.75) is 50.0 Å². The lowest BCUT2D eigenvalue weighted by Crippen LogP contribution is -2.15. The molecule has 0 aromatic carbocycles. The molecular weight excluding hydrogens is 248 g/mol. The van der Waals surface area contributed by atoms with Gasteiger partial charge in [0, 0.05) is 28.7 Å². The Morgan fingerprint density at radius 1 is 1.35 bits per heavy atom. The van der Waals surface area contributed by atoms with Gasteiger partial charge in [-0.2, -0.15) is 11.8 Å². The maximum Gasteiger partial charge on any atom is 0.134 e. The Kier molecular flexibility index (Phi) is 3.26. The van der Waals surface area contributed by atoms with Crippen molar-refractivity contribution in [3.05, 3.63) is 21.7 Å². The van der Waals surface area contributed by atoms with Crippen molar-refractivity contribution in [2.24, 2.45) is 5.92 Å². The van der Waals surface area contributed by atoms with E-state index >= 15 is 0 Å². The standard InChI is InChI=1S/C13H18N2S2/c1-8-3-2-4-9(5-8)12-14-11-7-17-6-10(11)13(16)15-12/h8-9H,2-7H2,1H3,(H,14,15,16). The van der Waals surface area contributed by atoms with Crippen molar-refractivity contribution >= 4 is 24.0 Å². The van der Waals surface area contributed by atoms with Gasteiger partial charge in [-0.1, -0.05) is 32.0 Å². The first-order valence-electron chi connectivity index (χ1n) is 6.43. The number of nitrogens with zero attached hydrogens (tertiary/aromatic N) is 1. The summed E-state index contributed by atoms with van der Waals surface area (Å²) in [6, 6.07) is 0. The zero-order valence-electron chi connectivity index (χ0n) is 10.2. The van der Waals surface area contributed by atoms with E-state index in [-0.39, 0.29) is 0 Å². The Bertz CT molecular complexity index is 481. The summed E-state index contributed by atoms with van der Waals surface area (Å²) >= 11 is 7.36. The number of fused-ring (bicyclic) bond motifs is 1. The summed E-state index contributed by atoms with van der Waals surface area (Å²) in [4.78, 5) is 8.21. The molecule has 2 nitrogen and oxygen atoms in total. The van der Waals surface area contributed by atoms with Crippen LogP contribution in [0.25, 0.3) is 0 Å². The highest BCUT2D eigenvalue weighted by atomic mass is 32.2. The smallest absolute Gasteiger partial charge is 0.134 e. The predicted octanol–water partition coefficient (Wildman–Crippen LogP) is 4.18. The van der Waals surface area contributed by atoms with E-state index in [2.05, 4.69) is 16.9 Å². The molecule has 4 heteroatoms. The predicted molar refractivity (Wildman–Crippen MR) is 74.8 cm³/mol. The van der Waals surface area contributed by atoms with Gasteiger partial charge < -0.3 is 4.98 Å². The van der Waals surface area contributed by atoms with Gasteiger partial charge in [0.2, 0.25) is 0 Å². The summed E-state index contributed by atoms with van der Waals surface area (Å²) in [5.74, 6) is 4.72. The van der Waals surface area contributed by atoms with E-state index in [1.807, 2.05) is 11.8 Å². The number of thioether (sulfide) groups is 1. The van der Waals surface area contributed by atoms with E-state index < -0.39 is 0 Å². The second-order valence-corrected chi connectivity index (χ2v) is 6.72. The third kappa shape index (κ3) is 2.29. The van der Waals surface area contributed by atoms with Crippen LogP contribution in [0, 0.1) is 10.6 Å². The minimum Gasteiger partial charge on any atom is -0.346 e. The molecule has 2 atom stereocenters. The maximum absolute atomic E-state index is 5.42. The Labute approximate surface area is 112 Å². The summed E-state index contributed by atoms with van der Waals surface area (Å²) in [6.07, 6.45) is 5.25. The lowest BCUT2D eigenvalue weighted by Gasteiger charge is -2.26. The average molecular weight is 266 g/mol. The molecule has 2 heterocycles. The molecule has 0 spiro atoms. The second kappa shape index (κ2) is 4.73. The SMILES string of the molecule is CC1CCCC(c2nc(=S)c3c([nH]2)CSC3)C1. The van der Waals surface area contributed by atoms with Gasteiger partial charge in [-0.15, -0.1) is 0 Å². The molecule has 1 N–H and O–H groups in total. The van der Waals surface area contributed by atoms with E-state index in [9.17, 15) is 0 Å². The van der Waals surface area contributed by atoms with Crippen LogP contribution in [0.5, 0.6) is 0 Å². The molecule has 1 aliphatic carbocycles. The molecule has 1 aromatic heterocycles. The monoisotopic (exact) mass is 266 g/mol. The molecule has 0 radical (unpaired) electrons. The van der Waals surface area contributed by atoms with E-state index in [0.717, 1.165) is 27.9 Å². The molecule has 17 heavy (non-hydrogen) atoms. The van der Waals surface area contributed by atoms with Crippen LogP contribution >= 0.6 is 24.0 Å². The molecule has 1 aliphatic heterocycles. The summed E-state index contributed by atoms with van der Waals surface area (Å²) in [5.41, 5.74) is 2.61. The van der Waals surface area contributed by atoms with Crippen molar-refractivity contribution < 1.29 is 0 Å². The molecule has 0 amide bonds. The summed E-state index contributed by atoms with van der Waals surface area (Å²) in [6.45, 7) is 2.35. The Morgan fingerprint density at radius 3 is 3.06 bits per heavy atom. The topological polar surface area (TPSA) is 28.7 Å². The maximum atomic E-state index is 5.42. The number of aromatic amines is 1. The van der Waals surface area contributed by atoms with Crippen LogP contribution in [0.15, 0.2) is 0 Å². The molecule has 2 aliphatic rings. The minimum atomic E-state index is 0.608. The minimum absolute atomic E-state index is 0.608. The van der Waals surface area contributed by atoms with Crippen LogP contribution in [0.1, 0.15) is 55.6 Å². The lowest BCUT2D eigenvalue weighted by molar-refractivity contribution is 0.334. The fraction of sp³-hybridized carbons (Fsp3) is 0.692. The van der Waals surface area contributed by atoms with Crippen molar-refractivity contribution in [1.82, 2.24) is 9.97 Å². The zero-order valence-corrected chi connectivity index (χ0v) is 11.8. The van der Waals surface area contributed by atoms with Crippen molar-refractivity contribution in [3.63, 3.8) is 0 Å². The van der Waals surface area contributed by atoms with Gasteiger partial charge >= 0.3 is 0 Å². The van der Waals surface area contributed by atoms with E-state index in [1.165, 1.54) is 36.9 Å². The number of hydrogen-bond donors (Lipinski definition) is 1. The van der Waals surface area contributed by atoms with Gasteiger partial charge in [0.1, 0.15) is 10.5 Å². The highest BCUT2D eigenvalue weighted by molar-refractivity contribution is 7.98. The third-order valence-electron chi connectivity index (χ3n) is 3.94. The molecule has 1 aromatic rings. The van der Waals surface area contributed by atoms with Gasteiger partial charge in [0.15, 0.2) is 0 Å². The van der Waals surface area contributed by atoms with Gasteiger partial charge in [-0.25, -0.2) is 4.98 Å². The number of aromatic nitrogens is 2. The molecule has 92 valence electrons. The lowest BCUT2D eigenvalue weighted by atomic mass is 9.82. The fourth-order valence-corrected chi connectivity index (χ4v) is 4.42. The summed E-state index contributed by atoms with van der Waals surface area (Å²) < 4.78 is 0.844. The quantitative estimate of drug-likeness (QED) is 0.773. The molecule has 3 rings (SSSR count). The molecule has 0 saturated heterocycles. The van der Waals surface area contributed by atoms with Gasteiger partial charge in [0.25, 0.3) is 0 Å². The molecular formula is C13H18N2S2. The fourth-order valence-electron chi connectivity index (χ4n) is 2.97. The van der Waals surface area contributed by atoms with Gasteiger partial charge in [-0.05, 0) is 18.8 Å². The first kappa shape index (κ1) is 11.7. The average Bonchev–Trinajstić information content (AvgIpc) is 2.77. The van der Waals surface area contributed by atoms with E-state index in [4.69, 9.17) is 12.2 Å². The zero-order chi connectivity index (χ0) is 11.8. The largest absolute Gasteiger partial charge is 0.346 e. The van der Waals surface area contributed by atoms with Gasteiger partial charge in [0.05, 0.1) is 0 Å². The van der Waals surface area contributed by atoms with Crippen LogP contribution < -0.4 is 0 Å². The molecule has 1 saturated carbocycles. The highest BCUT2D eigenvalue weighted by Gasteiger charge is 2.24. The van der Waals surface area contributed by atoms with Gasteiger partial charge in [-0.3, -0.25) is 0 Å². The van der Waals surface area contributed by atoms with Crippen molar-refractivity contribution in [3.8, 4) is 0 Å². The Morgan fingerprint density at radius 2 is 2.24 bits per heavy atom. The summed E-state index contributed by atoms with van der Waals surface area (Å²) in [7, 11) is 0. The molecule has 2 unspecified atom stereocenters. The van der Waals surface area contributed by atoms with Crippen LogP contribution in [-0.2, 0) is 11.5 Å². The van der Waals surface area contributed by atoms with Crippen LogP contribution in [0.4, 0.5) is 0 Å². The number of hydrogen-bond acceptors (Lipinski definition) is 3. The second-order valence-electron chi connectivity index (χ2n) is 5.35. The Balaban J connectivity index is 1.93. The van der Waals surface area contributed by atoms with Crippen LogP contribution in [0.2, 0.25) is 0 Å². The number of H-pyrrole nitrogens is 1. The first-order valence-corrected chi connectivity index (χ1v) is 8.00. The van der Waals surface area contributed by atoms with E-state index in [0.29, 0.717) is 5.92 Å². The molecule has 1 fully saturated rings. The highest BCUT2D eigenvalue weighted by Crippen LogP contribution is 2.36. The number of rotatable bonds is 1.